The monoisotopic (exact) mass is 313 g/mol. The van der Waals surface area contributed by atoms with Crippen LogP contribution in [0.1, 0.15) is 0 Å². The van der Waals surface area contributed by atoms with Crippen molar-refractivity contribution in [1.29, 1.82) is 0 Å². The topological polar surface area (TPSA) is 49.2 Å². The third-order valence-corrected chi connectivity index (χ3v) is 3.59. The summed E-state index contributed by atoms with van der Waals surface area (Å²) >= 11 is 4.43. The average Bonchev–Trinajstić information content (AvgIpc) is 2.96. The zero-order valence-electron chi connectivity index (χ0n) is 12.2. The third-order valence-electron chi connectivity index (χ3n) is 3.30. The van der Waals surface area contributed by atoms with E-state index in [9.17, 15) is 0 Å². The fourth-order valence-corrected chi connectivity index (χ4v) is 2.55. The Hall–Kier alpha value is -2.47. The first-order valence-corrected chi connectivity index (χ1v) is 7.12. The summed E-state index contributed by atoms with van der Waals surface area (Å²) in [6.45, 7) is 0. The first kappa shape index (κ1) is 14.5. The highest BCUT2D eigenvalue weighted by molar-refractivity contribution is 7.80. The molecule has 22 heavy (non-hydrogen) atoms. The minimum Gasteiger partial charge on any atom is -0.494 e. The van der Waals surface area contributed by atoms with E-state index in [0.29, 0.717) is 22.5 Å². The van der Waals surface area contributed by atoms with Gasteiger partial charge in [-0.25, -0.2) is 0 Å². The normalized spacial score (nSPS) is 10.5. The maximum Gasteiger partial charge on any atom is 0.193 e. The van der Waals surface area contributed by atoms with Crippen LogP contribution in [0.4, 0.5) is 0 Å². The number of ether oxygens (including phenoxy) is 2. The van der Waals surface area contributed by atoms with Gasteiger partial charge in [-0.05, 0) is 12.1 Å². The Labute approximate surface area is 133 Å². The second kappa shape index (κ2) is 6.11. The lowest BCUT2D eigenvalue weighted by Crippen LogP contribution is -2.04. The van der Waals surface area contributed by atoms with Crippen molar-refractivity contribution in [1.82, 2.24) is 14.8 Å². The number of rotatable bonds is 4. The maximum absolute atomic E-state index is 5.47. The molecule has 1 aromatic heterocycles. The third kappa shape index (κ3) is 2.42. The van der Waals surface area contributed by atoms with Gasteiger partial charge in [-0.2, -0.15) is 0 Å². The molecule has 5 nitrogen and oxygen atoms in total. The van der Waals surface area contributed by atoms with Gasteiger partial charge in [0.05, 0.1) is 14.2 Å². The van der Waals surface area contributed by atoms with Crippen LogP contribution in [0.2, 0.25) is 0 Å². The first-order valence-electron chi connectivity index (χ1n) is 6.67. The van der Waals surface area contributed by atoms with E-state index in [2.05, 4.69) is 22.8 Å². The molecule has 0 saturated heterocycles. The molecule has 2 aromatic carbocycles. The van der Waals surface area contributed by atoms with Gasteiger partial charge in [0.2, 0.25) is 0 Å². The van der Waals surface area contributed by atoms with E-state index in [-0.39, 0.29) is 0 Å². The second-order valence-corrected chi connectivity index (χ2v) is 4.94. The Morgan fingerprint density at radius 2 is 1.50 bits per heavy atom. The van der Waals surface area contributed by atoms with E-state index in [1.807, 2.05) is 53.1 Å². The number of nitrogens with zero attached hydrogens (tertiary/aromatic N) is 3. The van der Waals surface area contributed by atoms with Crippen molar-refractivity contribution < 1.29 is 9.47 Å². The van der Waals surface area contributed by atoms with Crippen molar-refractivity contribution >= 4 is 12.6 Å². The maximum atomic E-state index is 5.47. The van der Waals surface area contributed by atoms with E-state index in [4.69, 9.17) is 9.47 Å². The largest absolute Gasteiger partial charge is 0.494 e. The van der Waals surface area contributed by atoms with Crippen molar-refractivity contribution in [3.05, 3.63) is 48.5 Å². The summed E-state index contributed by atoms with van der Waals surface area (Å²) in [6, 6.07) is 15.4. The summed E-state index contributed by atoms with van der Waals surface area (Å²) in [5.41, 5.74) is 1.66. The van der Waals surface area contributed by atoms with Crippen LogP contribution in [0.25, 0.3) is 17.1 Å². The SMILES string of the molecule is COc1cccc(OC)c1-n1c(S)nnc1-c1ccccc1. The molecule has 0 aliphatic heterocycles. The van der Waals surface area contributed by atoms with Crippen LogP contribution >= 0.6 is 12.6 Å². The highest BCUT2D eigenvalue weighted by Gasteiger charge is 2.20. The predicted octanol–water partition coefficient (Wildman–Crippen LogP) is 3.24. The molecule has 0 unspecified atom stereocenters. The van der Waals surface area contributed by atoms with Gasteiger partial charge in [0.15, 0.2) is 11.0 Å². The molecule has 0 aliphatic rings. The van der Waals surface area contributed by atoms with Crippen LogP contribution < -0.4 is 9.47 Å². The molecule has 6 heteroatoms. The highest BCUT2D eigenvalue weighted by Crippen LogP contribution is 2.36. The minimum absolute atomic E-state index is 0.460. The standard InChI is InChI=1S/C16H15N3O2S/c1-20-12-9-6-10-13(21-2)14(12)19-15(17-18-16(19)22)11-7-4-3-5-8-11/h3-10H,1-2H3,(H,18,22). The quantitative estimate of drug-likeness (QED) is 0.751. The lowest BCUT2D eigenvalue weighted by atomic mass is 10.2. The number of thiol groups is 1. The van der Waals surface area contributed by atoms with Crippen molar-refractivity contribution in [3.8, 4) is 28.6 Å². The predicted molar refractivity (Wildman–Crippen MR) is 87.2 cm³/mol. The minimum atomic E-state index is 0.460. The van der Waals surface area contributed by atoms with E-state index in [0.717, 1.165) is 11.3 Å². The number of hydrogen-bond donors (Lipinski definition) is 1. The lowest BCUT2D eigenvalue weighted by Gasteiger charge is -2.16. The summed E-state index contributed by atoms with van der Waals surface area (Å²) in [6.07, 6.45) is 0. The number of para-hydroxylation sites is 1. The average molecular weight is 313 g/mol. The zero-order chi connectivity index (χ0) is 15.5. The summed E-state index contributed by atoms with van der Waals surface area (Å²) < 4.78 is 12.7. The fourth-order valence-electron chi connectivity index (χ4n) is 2.31. The molecule has 3 aromatic rings. The highest BCUT2D eigenvalue weighted by atomic mass is 32.1. The van der Waals surface area contributed by atoms with Crippen LogP contribution in [0.5, 0.6) is 11.5 Å². The Morgan fingerprint density at radius 1 is 0.864 bits per heavy atom. The van der Waals surface area contributed by atoms with Gasteiger partial charge >= 0.3 is 0 Å². The molecule has 0 saturated carbocycles. The van der Waals surface area contributed by atoms with Gasteiger partial charge in [0.1, 0.15) is 17.2 Å². The zero-order valence-corrected chi connectivity index (χ0v) is 13.1. The molecule has 1 heterocycles. The van der Waals surface area contributed by atoms with Gasteiger partial charge in [-0.1, -0.05) is 36.4 Å². The van der Waals surface area contributed by atoms with E-state index in [1.54, 1.807) is 14.2 Å². The molecule has 0 aliphatic carbocycles. The second-order valence-electron chi connectivity index (χ2n) is 4.54. The van der Waals surface area contributed by atoms with Gasteiger partial charge in [-0.3, -0.25) is 4.57 Å². The molecule has 0 N–H and O–H groups in total. The number of aromatic nitrogens is 3. The van der Waals surface area contributed by atoms with Crippen molar-refractivity contribution in [3.63, 3.8) is 0 Å². The Morgan fingerprint density at radius 3 is 2.09 bits per heavy atom. The van der Waals surface area contributed by atoms with Crippen molar-refractivity contribution in [2.45, 2.75) is 5.16 Å². The molecule has 112 valence electrons. The first-order chi connectivity index (χ1) is 10.8. The van der Waals surface area contributed by atoms with Crippen LogP contribution in [-0.4, -0.2) is 29.0 Å². The Kier molecular flexibility index (Phi) is 4.02. The molecular weight excluding hydrogens is 298 g/mol. The molecule has 0 spiro atoms. The van der Waals surface area contributed by atoms with Gasteiger partial charge in [0, 0.05) is 5.56 Å². The molecule has 0 amide bonds. The van der Waals surface area contributed by atoms with Crippen molar-refractivity contribution in [2.75, 3.05) is 14.2 Å². The van der Waals surface area contributed by atoms with E-state index in [1.165, 1.54) is 0 Å². The molecule has 0 atom stereocenters. The van der Waals surface area contributed by atoms with E-state index < -0.39 is 0 Å². The van der Waals surface area contributed by atoms with Gasteiger partial charge in [-0.15, -0.1) is 22.8 Å². The Bertz CT molecular complexity index is 765. The lowest BCUT2D eigenvalue weighted by molar-refractivity contribution is 0.390. The fraction of sp³-hybridized carbons (Fsp3) is 0.125. The van der Waals surface area contributed by atoms with Crippen LogP contribution in [0.15, 0.2) is 53.7 Å². The summed E-state index contributed by atoms with van der Waals surface area (Å²) in [5, 5.41) is 8.78. The number of benzene rings is 2. The van der Waals surface area contributed by atoms with Crippen LogP contribution in [0, 0.1) is 0 Å². The molecule has 0 bridgehead atoms. The van der Waals surface area contributed by atoms with E-state index >= 15 is 0 Å². The van der Waals surface area contributed by atoms with Gasteiger partial charge in [0.25, 0.3) is 0 Å². The molecule has 3 rings (SSSR count). The molecule has 0 fully saturated rings. The Balaban J connectivity index is 2.28. The number of hydrogen-bond acceptors (Lipinski definition) is 5. The number of methoxy groups -OCH3 is 2. The van der Waals surface area contributed by atoms with Crippen molar-refractivity contribution in [2.24, 2.45) is 0 Å². The van der Waals surface area contributed by atoms with Gasteiger partial charge < -0.3 is 9.47 Å². The smallest absolute Gasteiger partial charge is 0.193 e. The molecular formula is C16H15N3O2S. The van der Waals surface area contributed by atoms with Crippen LogP contribution in [-0.2, 0) is 0 Å². The summed E-state index contributed by atoms with van der Waals surface area (Å²) in [4.78, 5) is 0. The summed E-state index contributed by atoms with van der Waals surface area (Å²) in [7, 11) is 3.23. The van der Waals surface area contributed by atoms with Crippen LogP contribution in [0.3, 0.4) is 0 Å². The summed E-state index contributed by atoms with van der Waals surface area (Å²) in [5.74, 6) is 1.99. The molecule has 0 radical (unpaired) electrons.